The second-order valence-corrected chi connectivity index (χ2v) is 7.28. The number of rotatable bonds is 4. The van der Waals surface area contributed by atoms with Gasteiger partial charge in [0.05, 0.1) is 16.3 Å². The van der Waals surface area contributed by atoms with Crippen LogP contribution in [0.3, 0.4) is 0 Å². The molecule has 2 aromatic rings. The van der Waals surface area contributed by atoms with Crippen molar-refractivity contribution in [3.8, 4) is 5.69 Å². The number of sulfone groups is 1. The summed E-state index contributed by atoms with van der Waals surface area (Å²) in [6, 6.07) is 3.21. The van der Waals surface area contributed by atoms with Crippen LogP contribution in [0.1, 0.15) is 34.4 Å². The van der Waals surface area contributed by atoms with Gasteiger partial charge in [-0.3, -0.25) is 4.79 Å². The molecule has 0 aliphatic heterocycles. The van der Waals surface area contributed by atoms with Crippen LogP contribution in [0.25, 0.3) is 5.69 Å². The lowest BCUT2D eigenvalue weighted by atomic mass is 10.0. The third-order valence-electron chi connectivity index (χ3n) is 3.60. The van der Waals surface area contributed by atoms with Crippen LogP contribution in [0.2, 0.25) is 0 Å². The zero-order valence-electron chi connectivity index (χ0n) is 13.6. The Morgan fingerprint density at radius 3 is 2.43 bits per heavy atom. The fraction of sp³-hybridized carbons (Fsp3) is 0.312. The molecule has 0 saturated carbocycles. The van der Waals surface area contributed by atoms with E-state index in [1.54, 1.807) is 36.7 Å². The van der Waals surface area contributed by atoms with E-state index in [0.29, 0.717) is 23.5 Å². The van der Waals surface area contributed by atoms with Crippen molar-refractivity contribution in [2.45, 2.75) is 32.1 Å². The highest BCUT2D eigenvalue weighted by atomic mass is 32.2. The minimum absolute atomic E-state index is 0.134. The Bertz CT molecular complexity index is 896. The van der Waals surface area contributed by atoms with Crippen molar-refractivity contribution in [2.75, 3.05) is 6.26 Å². The Morgan fingerprint density at radius 2 is 2.00 bits per heavy atom. The van der Waals surface area contributed by atoms with Crippen molar-refractivity contribution in [1.29, 1.82) is 0 Å². The summed E-state index contributed by atoms with van der Waals surface area (Å²) in [7, 11) is -3.56. The van der Waals surface area contributed by atoms with Gasteiger partial charge in [-0.2, -0.15) is 0 Å². The number of hydrogen-bond donors (Lipinski definition) is 0. The van der Waals surface area contributed by atoms with Crippen LogP contribution in [0.15, 0.2) is 28.2 Å². The molecule has 0 spiro atoms. The van der Waals surface area contributed by atoms with Crippen molar-refractivity contribution < 1.29 is 13.2 Å². The quantitative estimate of drug-likeness (QED) is 0.804. The van der Waals surface area contributed by atoms with Gasteiger partial charge in [-0.1, -0.05) is 6.92 Å². The maximum absolute atomic E-state index is 12.4. The molecule has 6 nitrogen and oxygen atoms in total. The molecule has 0 radical (unpaired) electrons. The Labute approximate surface area is 135 Å². The molecule has 1 aromatic carbocycles. The van der Waals surface area contributed by atoms with Gasteiger partial charge >= 0.3 is 0 Å². The highest BCUT2D eigenvalue weighted by Crippen LogP contribution is 2.29. The van der Waals surface area contributed by atoms with E-state index in [2.05, 4.69) is 16.7 Å². The van der Waals surface area contributed by atoms with Gasteiger partial charge in [-0.25, -0.2) is 18.4 Å². The molecule has 0 atom stereocenters. The van der Waals surface area contributed by atoms with E-state index in [-0.39, 0.29) is 10.5 Å². The number of carbonyl (C=O) groups excluding carboxylic acids is 1. The second-order valence-electron chi connectivity index (χ2n) is 5.33. The standard InChI is InChI=1S/C16H19N3O3S/c1-6-12-13(16(20)17-4)7-8-14(15(12)23(5,21)22)19-9-10(2)18-11(19)3/h7-9H,4,6H2,1-3,5H3. The number of imidazole rings is 1. The van der Waals surface area contributed by atoms with E-state index in [9.17, 15) is 13.2 Å². The normalized spacial score (nSPS) is 11.5. The number of aromatic nitrogens is 2. The lowest BCUT2D eigenvalue weighted by Gasteiger charge is -2.16. The minimum atomic E-state index is -3.56. The van der Waals surface area contributed by atoms with Crippen LogP contribution in [-0.4, -0.2) is 36.8 Å². The Hall–Kier alpha value is -2.28. The molecule has 0 unspecified atom stereocenters. The van der Waals surface area contributed by atoms with Crippen LogP contribution in [0.4, 0.5) is 0 Å². The molecule has 0 aliphatic carbocycles. The largest absolute Gasteiger partial charge is 0.302 e. The summed E-state index contributed by atoms with van der Waals surface area (Å²) < 4.78 is 26.5. The molecular formula is C16H19N3O3S. The van der Waals surface area contributed by atoms with E-state index in [0.717, 1.165) is 11.9 Å². The maximum Gasteiger partial charge on any atom is 0.276 e. The van der Waals surface area contributed by atoms with Gasteiger partial charge in [0.15, 0.2) is 9.84 Å². The molecule has 0 bridgehead atoms. The summed E-state index contributed by atoms with van der Waals surface area (Å²) in [6.07, 6.45) is 3.30. The number of hydrogen-bond acceptors (Lipinski definition) is 4. The average Bonchev–Trinajstić information content (AvgIpc) is 2.82. The van der Waals surface area contributed by atoms with Crippen LogP contribution < -0.4 is 0 Å². The number of benzene rings is 1. The van der Waals surface area contributed by atoms with Crippen molar-refractivity contribution in [3.05, 3.63) is 41.0 Å². The molecule has 0 saturated heterocycles. The smallest absolute Gasteiger partial charge is 0.276 e. The van der Waals surface area contributed by atoms with Gasteiger partial charge < -0.3 is 4.57 Å². The monoisotopic (exact) mass is 333 g/mol. The first-order chi connectivity index (χ1) is 10.7. The molecule has 1 amide bonds. The highest BCUT2D eigenvalue weighted by Gasteiger charge is 2.24. The molecule has 1 heterocycles. The third kappa shape index (κ3) is 3.10. The molecule has 7 heteroatoms. The van der Waals surface area contributed by atoms with Crippen LogP contribution >= 0.6 is 0 Å². The van der Waals surface area contributed by atoms with Crippen molar-refractivity contribution in [1.82, 2.24) is 9.55 Å². The van der Waals surface area contributed by atoms with Gasteiger partial charge in [0, 0.05) is 18.0 Å². The van der Waals surface area contributed by atoms with Gasteiger partial charge in [0.1, 0.15) is 5.82 Å². The minimum Gasteiger partial charge on any atom is -0.302 e. The summed E-state index contributed by atoms with van der Waals surface area (Å²) >= 11 is 0. The maximum atomic E-state index is 12.4. The number of aliphatic imine (C=N–C) groups is 1. The Balaban J connectivity index is 2.92. The van der Waals surface area contributed by atoms with Gasteiger partial charge in [0.25, 0.3) is 5.91 Å². The molecule has 0 fully saturated rings. The molecule has 23 heavy (non-hydrogen) atoms. The predicted octanol–water partition coefficient (Wildman–Crippen LogP) is 2.30. The number of carbonyl (C=O) groups is 1. The van der Waals surface area contributed by atoms with Crippen molar-refractivity contribution in [3.63, 3.8) is 0 Å². The first-order valence-electron chi connectivity index (χ1n) is 7.10. The molecule has 0 aliphatic rings. The third-order valence-corrected chi connectivity index (χ3v) is 4.80. The molecule has 122 valence electrons. The first kappa shape index (κ1) is 17.1. The molecule has 1 aromatic heterocycles. The summed E-state index contributed by atoms with van der Waals surface area (Å²) in [5, 5.41) is 0. The SMILES string of the molecule is C=NC(=O)c1ccc(-n2cc(C)nc2C)c(S(C)(=O)=O)c1CC. The number of aryl methyl sites for hydroxylation is 2. The van der Waals surface area contributed by atoms with E-state index < -0.39 is 15.7 Å². The van der Waals surface area contributed by atoms with Crippen molar-refractivity contribution >= 4 is 22.5 Å². The molecular weight excluding hydrogens is 314 g/mol. The zero-order chi connectivity index (χ0) is 17.4. The lowest BCUT2D eigenvalue weighted by molar-refractivity contribution is 0.100. The van der Waals surface area contributed by atoms with Crippen LogP contribution in [0.5, 0.6) is 0 Å². The average molecular weight is 333 g/mol. The van der Waals surface area contributed by atoms with E-state index in [4.69, 9.17) is 0 Å². The zero-order valence-corrected chi connectivity index (χ0v) is 14.4. The van der Waals surface area contributed by atoms with Gasteiger partial charge in [-0.05, 0) is 44.7 Å². The van der Waals surface area contributed by atoms with Gasteiger partial charge in [-0.15, -0.1) is 0 Å². The Morgan fingerprint density at radius 1 is 1.35 bits per heavy atom. The fourth-order valence-corrected chi connectivity index (χ4v) is 3.97. The highest BCUT2D eigenvalue weighted by molar-refractivity contribution is 7.90. The molecule has 0 N–H and O–H groups in total. The summed E-state index contributed by atoms with van der Waals surface area (Å²) in [5.74, 6) is 0.146. The Kier molecular flexibility index (Phi) is 4.51. The summed E-state index contributed by atoms with van der Waals surface area (Å²) in [5.41, 5.74) is 1.99. The number of nitrogens with zero attached hydrogens (tertiary/aromatic N) is 3. The second kappa shape index (κ2) is 6.08. The van der Waals surface area contributed by atoms with Crippen molar-refractivity contribution in [2.24, 2.45) is 4.99 Å². The summed E-state index contributed by atoms with van der Waals surface area (Å²) in [4.78, 5) is 19.8. The molecule has 2 rings (SSSR count). The number of amides is 1. The van der Waals surface area contributed by atoms with Crippen LogP contribution in [-0.2, 0) is 16.3 Å². The topological polar surface area (TPSA) is 81.4 Å². The first-order valence-corrected chi connectivity index (χ1v) is 8.99. The fourth-order valence-electron chi connectivity index (χ4n) is 2.72. The predicted molar refractivity (Wildman–Crippen MR) is 89.4 cm³/mol. The van der Waals surface area contributed by atoms with E-state index in [1.807, 2.05) is 6.92 Å². The van der Waals surface area contributed by atoms with E-state index in [1.165, 1.54) is 0 Å². The summed E-state index contributed by atoms with van der Waals surface area (Å²) in [6.45, 7) is 8.68. The van der Waals surface area contributed by atoms with Gasteiger partial charge in [0.2, 0.25) is 0 Å². The van der Waals surface area contributed by atoms with Crippen LogP contribution in [0, 0.1) is 13.8 Å². The lowest BCUT2D eigenvalue weighted by Crippen LogP contribution is -2.13. The van der Waals surface area contributed by atoms with E-state index >= 15 is 0 Å².